The molecule has 0 spiro atoms. The fourth-order valence-electron chi connectivity index (χ4n) is 2.00. The van der Waals surface area contributed by atoms with Crippen LogP contribution in [0.1, 0.15) is 25.3 Å². The van der Waals surface area contributed by atoms with E-state index >= 15 is 0 Å². The zero-order valence-electron chi connectivity index (χ0n) is 7.69. The first-order chi connectivity index (χ1) is 6.31. The van der Waals surface area contributed by atoms with E-state index in [-0.39, 0.29) is 5.69 Å². The van der Waals surface area contributed by atoms with Crippen LogP contribution in [-0.2, 0) is 0 Å². The second-order valence-corrected chi connectivity index (χ2v) is 4.64. The van der Waals surface area contributed by atoms with Crippen molar-refractivity contribution in [2.75, 3.05) is 6.26 Å². The summed E-state index contributed by atoms with van der Waals surface area (Å²) in [6, 6.07) is 0.427. The third-order valence-electron chi connectivity index (χ3n) is 2.76. The van der Waals surface area contributed by atoms with Gasteiger partial charge in [-0.25, -0.2) is 4.79 Å². The van der Waals surface area contributed by atoms with E-state index in [4.69, 9.17) is 0 Å². The molecule has 1 heterocycles. The highest BCUT2D eigenvalue weighted by molar-refractivity contribution is 7.99. The Bertz CT molecular complexity index is 330. The van der Waals surface area contributed by atoms with Crippen molar-refractivity contribution >= 4 is 11.8 Å². The summed E-state index contributed by atoms with van der Waals surface area (Å²) in [7, 11) is 0. The van der Waals surface area contributed by atoms with Crippen LogP contribution >= 0.6 is 11.8 Å². The number of nitrogens with zero attached hydrogens (tertiary/aromatic N) is 1. The number of aromatic nitrogens is 2. The number of rotatable bonds is 2. The van der Waals surface area contributed by atoms with Gasteiger partial charge < -0.3 is 4.98 Å². The number of thioether (sulfide) groups is 1. The van der Waals surface area contributed by atoms with Gasteiger partial charge in [-0.1, -0.05) is 0 Å². The molecule has 1 N–H and O–H groups in total. The molecule has 2 unspecified atom stereocenters. The van der Waals surface area contributed by atoms with Crippen molar-refractivity contribution in [3.63, 3.8) is 0 Å². The molecule has 0 aromatic carbocycles. The minimum atomic E-state index is 0.0340. The molecule has 72 valence electrons. The molecule has 2 rings (SSSR count). The molecule has 13 heavy (non-hydrogen) atoms. The predicted octanol–water partition coefficient (Wildman–Crippen LogP) is 1.63. The van der Waals surface area contributed by atoms with Crippen molar-refractivity contribution in [3.8, 4) is 0 Å². The van der Waals surface area contributed by atoms with Gasteiger partial charge in [0.2, 0.25) is 0 Å². The molecule has 0 bridgehead atoms. The Balaban J connectivity index is 2.12. The number of nitrogens with one attached hydrogen (secondary N) is 1. The molecule has 2 atom stereocenters. The molecule has 4 heteroatoms. The van der Waals surface area contributed by atoms with Crippen molar-refractivity contribution in [1.82, 2.24) is 9.55 Å². The lowest BCUT2D eigenvalue weighted by molar-refractivity contribution is 0.505. The lowest BCUT2D eigenvalue weighted by Crippen LogP contribution is -2.20. The molecule has 3 nitrogen and oxygen atoms in total. The molecular formula is C9H14N2OS. The van der Waals surface area contributed by atoms with Crippen molar-refractivity contribution in [2.45, 2.75) is 30.6 Å². The van der Waals surface area contributed by atoms with Gasteiger partial charge in [0, 0.05) is 23.7 Å². The van der Waals surface area contributed by atoms with Crippen molar-refractivity contribution in [1.29, 1.82) is 0 Å². The molecule has 0 saturated heterocycles. The summed E-state index contributed by atoms with van der Waals surface area (Å²) in [6.45, 7) is 0. The molecular weight excluding hydrogens is 184 g/mol. The van der Waals surface area contributed by atoms with E-state index in [1.54, 1.807) is 6.20 Å². The van der Waals surface area contributed by atoms with E-state index < -0.39 is 0 Å². The second kappa shape index (κ2) is 3.62. The second-order valence-electron chi connectivity index (χ2n) is 3.50. The molecule has 1 saturated carbocycles. The van der Waals surface area contributed by atoms with E-state index in [0.29, 0.717) is 6.04 Å². The van der Waals surface area contributed by atoms with Crippen LogP contribution in [0.3, 0.4) is 0 Å². The normalized spacial score (nSPS) is 28.1. The molecule has 1 aromatic rings. The van der Waals surface area contributed by atoms with Gasteiger partial charge in [-0.15, -0.1) is 0 Å². The summed E-state index contributed by atoms with van der Waals surface area (Å²) < 4.78 is 1.83. The Kier molecular flexibility index (Phi) is 2.49. The number of imidazole rings is 1. The van der Waals surface area contributed by atoms with Crippen LogP contribution in [0.25, 0.3) is 0 Å². The number of aromatic amines is 1. The van der Waals surface area contributed by atoms with E-state index in [2.05, 4.69) is 11.2 Å². The molecule has 0 amide bonds. The van der Waals surface area contributed by atoms with Gasteiger partial charge >= 0.3 is 5.69 Å². The van der Waals surface area contributed by atoms with E-state index in [9.17, 15) is 4.79 Å². The minimum absolute atomic E-state index is 0.0340. The zero-order chi connectivity index (χ0) is 9.26. The fraction of sp³-hybridized carbons (Fsp3) is 0.667. The first-order valence-corrected chi connectivity index (χ1v) is 5.88. The lowest BCUT2D eigenvalue weighted by atomic mass is 10.2. The summed E-state index contributed by atoms with van der Waals surface area (Å²) in [5.74, 6) is 0. The summed E-state index contributed by atoms with van der Waals surface area (Å²) in [5, 5.41) is 0.742. The maximum atomic E-state index is 11.3. The van der Waals surface area contributed by atoms with Crippen molar-refractivity contribution in [2.24, 2.45) is 0 Å². The highest BCUT2D eigenvalue weighted by atomic mass is 32.2. The van der Waals surface area contributed by atoms with E-state index in [1.165, 1.54) is 6.42 Å². The monoisotopic (exact) mass is 198 g/mol. The molecule has 1 fully saturated rings. The number of hydrogen-bond acceptors (Lipinski definition) is 2. The Morgan fingerprint density at radius 3 is 3.00 bits per heavy atom. The molecule has 1 aliphatic rings. The average molecular weight is 198 g/mol. The predicted molar refractivity (Wildman–Crippen MR) is 55.2 cm³/mol. The standard InChI is InChI=1S/C9H14N2OS/c1-13-8-3-2-7(6-8)11-5-4-10-9(11)12/h4-5,7-8H,2-3,6H2,1H3,(H,10,12). The van der Waals surface area contributed by atoms with Crippen LogP contribution in [0, 0.1) is 0 Å². The topological polar surface area (TPSA) is 37.8 Å². The zero-order valence-corrected chi connectivity index (χ0v) is 8.51. The van der Waals surface area contributed by atoms with Crippen molar-refractivity contribution in [3.05, 3.63) is 22.9 Å². The average Bonchev–Trinajstić information content (AvgIpc) is 2.71. The highest BCUT2D eigenvalue weighted by Crippen LogP contribution is 2.34. The number of H-pyrrole nitrogens is 1. The quantitative estimate of drug-likeness (QED) is 0.784. The molecule has 1 aliphatic carbocycles. The Morgan fingerprint density at radius 1 is 1.62 bits per heavy atom. The summed E-state index contributed by atoms with van der Waals surface area (Å²) >= 11 is 1.91. The van der Waals surface area contributed by atoms with Gasteiger partial charge in [0.05, 0.1) is 0 Å². The largest absolute Gasteiger partial charge is 0.325 e. The van der Waals surface area contributed by atoms with Crippen molar-refractivity contribution < 1.29 is 0 Å². The lowest BCUT2D eigenvalue weighted by Gasteiger charge is -2.09. The Hall–Kier alpha value is -0.640. The highest BCUT2D eigenvalue weighted by Gasteiger charge is 2.25. The SMILES string of the molecule is CSC1CCC(n2cc[nH]c2=O)C1. The third kappa shape index (κ3) is 1.68. The Labute approximate surface area is 81.5 Å². The van der Waals surface area contributed by atoms with Crippen LogP contribution in [0.2, 0.25) is 0 Å². The van der Waals surface area contributed by atoms with Crippen LogP contribution in [0.15, 0.2) is 17.2 Å². The maximum absolute atomic E-state index is 11.3. The van der Waals surface area contributed by atoms with E-state index in [0.717, 1.165) is 18.1 Å². The Morgan fingerprint density at radius 2 is 2.46 bits per heavy atom. The third-order valence-corrected chi connectivity index (χ3v) is 3.85. The molecule has 0 aliphatic heterocycles. The molecule has 1 aromatic heterocycles. The van der Waals surface area contributed by atoms with Gasteiger partial charge in [-0.05, 0) is 25.5 Å². The smallest absolute Gasteiger partial charge is 0.313 e. The van der Waals surface area contributed by atoms with Crippen LogP contribution in [0.4, 0.5) is 0 Å². The summed E-state index contributed by atoms with van der Waals surface area (Å²) in [6.07, 6.45) is 9.24. The minimum Gasteiger partial charge on any atom is -0.313 e. The van der Waals surface area contributed by atoms with Gasteiger partial charge in [0.25, 0.3) is 0 Å². The van der Waals surface area contributed by atoms with Gasteiger partial charge in [-0.2, -0.15) is 11.8 Å². The van der Waals surface area contributed by atoms with Gasteiger partial charge in [0.15, 0.2) is 0 Å². The van der Waals surface area contributed by atoms with Crippen LogP contribution in [0.5, 0.6) is 0 Å². The van der Waals surface area contributed by atoms with Crippen LogP contribution in [-0.4, -0.2) is 21.1 Å². The summed E-state index contributed by atoms with van der Waals surface area (Å²) in [4.78, 5) is 14.0. The summed E-state index contributed by atoms with van der Waals surface area (Å²) in [5.41, 5.74) is 0.0340. The van der Waals surface area contributed by atoms with E-state index in [1.807, 2.05) is 22.5 Å². The maximum Gasteiger partial charge on any atom is 0.325 e. The first-order valence-electron chi connectivity index (χ1n) is 4.59. The van der Waals surface area contributed by atoms with Gasteiger partial charge in [-0.3, -0.25) is 4.57 Å². The van der Waals surface area contributed by atoms with Gasteiger partial charge in [0.1, 0.15) is 0 Å². The fourth-order valence-corrected chi connectivity index (χ4v) is 2.79. The first kappa shape index (κ1) is 8.94. The number of hydrogen-bond donors (Lipinski definition) is 1. The van der Waals surface area contributed by atoms with Crippen LogP contribution < -0.4 is 5.69 Å². The molecule has 0 radical (unpaired) electrons.